The maximum atomic E-state index is 12.5. The summed E-state index contributed by atoms with van der Waals surface area (Å²) in [4.78, 5) is 34.6. The van der Waals surface area contributed by atoms with Crippen molar-refractivity contribution in [2.45, 2.75) is 155 Å². The first kappa shape index (κ1) is 49.2. The van der Waals surface area contributed by atoms with E-state index in [1.165, 1.54) is 0 Å². The van der Waals surface area contributed by atoms with Crippen molar-refractivity contribution in [2.75, 3.05) is 19.8 Å². The molecule has 0 aromatic heterocycles. The molecular formula is C43H71O8P. The molecule has 8 nitrogen and oxygen atoms in total. The van der Waals surface area contributed by atoms with E-state index in [9.17, 15) is 19.0 Å². The van der Waals surface area contributed by atoms with Crippen LogP contribution in [-0.2, 0) is 32.7 Å². The topological polar surface area (TPSA) is 108 Å². The molecule has 296 valence electrons. The summed E-state index contributed by atoms with van der Waals surface area (Å²) in [7, 11) is -4.29. The minimum Gasteiger partial charge on any atom is -0.462 e. The van der Waals surface area contributed by atoms with E-state index in [1.54, 1.807) is 6.92 Å². The van der Waals surface area contributed by atoms with Gasteiger partial charge >= 0.3 is 19.8 Å². The zero-order valence-electron chi connectivity index (χ0n) is 32.7. The SMILES string of the molecule is CC/C=C\C/C=C\C/C=C\C/C=C\CCCCCCCCC(=O)OC(COC(=O)CCCCC/C=C\C/C=C\C/C=C\CC)COP(=O)(O)OCC. The van der Waals surface area contributed by atoms with Crippen LogP contribution in [-0.4, -0.2) is 42.8 Å². The molecular weight excluding hydrogens is 675 g/mol. The van der Waals surface area contributed by atoms with E-state index in [1.807, 2.05) is 0 Å². The lowest BCUT2D eigenvalue weighted by Crippen LogP contribution is -2.29. The molecule has 0 aliphatic carbocycles. The lowest BCUT2D eigenvalue weighted by Gasteiger charge is -2.19. The Balaban J connectivity index is 4.21. The van der Waals surface area contributed by atoms with Crippen LogP contribution in [0, 0.1) is 0 Å². The molecule has 0 aliphatic heterocycles. The third kappa shape index (κ3) is 37.0. The zero-order chi connectivity index (χ0) is 38.2. The van der Waals surface area contributed by atoms with Crippen LogP contribution in [0.25, 0.3) is 0 Å². The fraction of sp³-hybridized carbons (Fsp3) is 0.628. The Morgan fingerprint density at radius 1 is 0.519 bits per heavy atom. The fourth-order valence-corrected chi connectivity index (χ4v) is 5.62. The second-order valence-corrected chi connectivity index (χ2v) is 14.0. The molecule has 0 spiro atoms. The minimum absolute atomic E-state index is 0.0125. The highest BCUT2D eigenvalue weighted by Gasteiger charge is 2.25. The lowest BCUT2D eigenvalue weighted by molar-refractivity contribution is -0.161. The molecule has 2 unspecified atom stereocenters. The largest absolute Gasteiger partial charge is 0.472 e. The molecule has 9 heteroatoms. The molecule has 0 bridgehead atoms. The summed E-state index contributed by atoms with van der Waals surface area (Å²) in [5.41, 5.74) is 0. The average molecular weight is 747 g/mol. The predicted molar refractivity (Wildman–Crippen MR) is 216 cm³/mol. The summed E-state index contributed by atoms with van der Waals surface area (Å²) in [6.07, 6.45) is 47.8. The van der Waals surface area contributed by atoms with Crippen LogP contribution in [0.3, 0.4) is 0 Å². The highest BCUT2D eigenvalue weighted by molar-refractivity contribution is 7.47. The number of unbranched alkanes of at least 4 members (excludes halogenated alkanes) is 9. The van der Waals surface area contributed by atoms with Crippen molar-refractivity contribution in [1.29, 1.82) is 0 Å². The number of esters is 2. The molecule has 0 saturated heterocycles. The molecule has 0 amide bonds. The van der Waals surface area contributed by atoms with Crippen LogP contribution in [0.15, 0.2) is 85.1 Å². The third-order valence-electron chi connectivity index (χ3n) is 7.70. The predicted octanol–water partition coefficient (Wildman–Crippen LogP) is 12.3. The van der Waals surface area contributed by atoms with Crippen molar-refractivity contribution in [2.24, 2.45) is 0 Å². The Hall–Kier alpha value is -2.77. The number of phosphoric ester groups is 1. The summed E-state index contributed by atoms with van der Waals surface area (Å²) in [6, 6.07) is 0. The molecule has 0 fully saturated rings. The monoisotopic (exact) mass is 746 g/mol. The van der Waals surface area contributed by atoms with Crippen molar-refractivity contribution < 1.29 is 37.6 Å². The van der Waals surface area contributed by atoms with Gasteiger partial charge in [0.15, 0.2) is 6.10 Å². The number of rotatable bonds is 35. The number of phosphoric acid groups is 1. The van der Waals surface area contributed by atoms with Crippen LogP contribution in [0.1, 0.15) is 149 Å². The summed E-state index contributed by atoms with van der Waals surface area (Å²) in [5, 5.41) is 0. The van der Waals surface area contributed by atoms with Gasteiger partial charge in [0.1, 0.15) is 6.61 Å². The van der Waals surface area contributed by atoms with Crippen LogP contribution in [0.4, 0.5) is 0 Å². The number of carbonyl (C=O) groups excluding carboxylic acids is 2. The molecule has 0 aromatic rings. The Morgan fingerprint density at radius 2 is 0.923 bits per heavy atom. The summed E-state index contributed by atoms with van der Waals surface area (Å²) in [6.45, 7) is 5.16. The molecule has 0 saturated carbocycles. The van der Waals surface area contributed by atoms with Gasteiger partial charge in [-0.25, -0.2) is 4.57 Å². The van der Waals surface area contributed by atoms with Crippen LogP contribution < -0.4 is 0 Å². The Morgan fingerprint density at radius 3 is 1.40 bits per heavy atom. The second kappa shape index (κ2) is 38.0. The van der Waals surface area contributed by atoms with Crippen LogP contribution >= 0.6 is 7.82 Å². The molecule has 52 heavy (non-hydrogen) atoms. The van der Waals surface area contributed by atoms with Gasteiger partial charge in [0, 0.05) is 12.8 Å². The molecule has 0 aliphatic rings. The molecule has 0 rings (SSSR count). The Bertz CT molecular complexity index is 1120. The van der Waals surface area contributed by atoms with Gasteiger partial charge in [-0.2, -0.15) is 0 Å². The first-order chi connectivity index (χ1) is 25.3. The molecule has 2 atom stereocenters. The standard InChI is InChI=1S/C43H71O8P/c1-4-7-9-11-13-15-17-19-20-21-22-23-24-26-28-30-32-34-36-38-43(45)51-41(40-50-52(46,47)49-6-3)39-48-42(44)37-35-33-31-29-27-25-18-16-14-12-10-8-5-2/h7-10,13-16,19-20,22-23,25,27,41H,4-6,11-12,17-18,21,24,26,28-40H2,1-3H3,(H,46,47)/b9-7-,10-8-,15-13-,16-14-,20-19-,23-22-,27-25-. The van der Waals surface area contributed by atoms with Crippen molar-refractivity contribution in [3.63, 3.8) is 0 Å². The zero-order valence-corrected chi connectivity index (χ0v) is 33.6. The number of hydrogen-bond acceptors (Lipinski definition) is 7. The Kier molecular flexibility index (Phi) is 35.9. The van der Waals surface area contributed by atoms with E-state index in [0.29, 0.717) is 12.8 Å². The lowest BCUT2D eigenvalue weighted by atomic mass is 10.1. The van der Waals surface area contributed by atoms with Gasteiger partial charge in [-0.15, -0.1) is 0 Å². The van der Waals surface area contributed by atoms with E-state index < -0.39 is 32.5 Å². The number of ether oxygens (including phenoxy) is 2. The number of carbonyl (C=O) groups is 2. The minimum atomic E-state index is -4.29. The quantitative estimate of drug-likeness (QED) is 0.0295. The summed E-state index contributed by atoms with van der Waals surface area (Å²) < 4.78 is 32.5. The van der Waals surface area contributed by atoms with Crippen molar-refractivity contribution in [1.82, 2.24) is 0 Å². The first-order valence-electron chi connectivity index (χ1n) is 19.9. The average Bonchev–Trinajstić information content (AvgIpc) is 3.12. The summed E-state index contributed by atoms with van der Waals surface area (Å²) >= 11 is 0. The van der Waals surface area contributed by atoms with E-state index in [2.05, 4.69) is 98.9 Å². The maximum absolute atomic E-state index is 12.5. The van der Waals surface area contributed by atoms with E-state index in [4.69, 9.17) is 18.5 Å². The summed E-state index contributed by atoms with van der Waals surface area (Å²) in [5.74, 6) is -0.858. The highest BCUT2D eigenvalue weighted by Crippen LogP contribution is 2.43. The molecule has 0 heterocycles. The van der Waals surface area contributed by atoms with Gasteiger partial charge in [-0.05, 0) is 90.4 Å². The highest BCUT2D eigenvalue weighted by atomic mass is 31.2. The van der Waals surface area contributed by atoms with Gasteiger partial charge in [0.2, 0.25) is 0 Å². The van der Waals surface area contributed by atoms with Gasteiger partial charge in [0.25, 0.3) is 0 Å². The first-order valence-corrected chi connectivity index (χ1v) is 21.4. The fourth-order valence-electron chi connectivity index (χ4n) is 4.87. The van der Waals surface area contributed by atoms with E-state index in [0.717, 1.165) is 103 Å². The number of allylic oxidation sites excluding steroid dienone is 14. The maximum Gasteiger partial charge on any atom is 0.472 e. The van der Waals surface area contributed by atoms with E-state index in [-0.39, 0.29) is 26.1 Å². The van der Waals surface area contributed by atoms with Crippen molar-refractivity contribution >= 4 is 19.8 Å². The van der Waals surface area contributed by atoms with E-state index >= 15 is 0 Å². The van der Waals surface area contributed by atoms with Gasteiger partial charge in [-0.1, -0.05) is 131 Å². The third-order valence-corrected chi connectivity index (χ3v) is 8.76. The van der Waals surface area contributed by atoms with Gasteiger partial charge in [-0.3, -0.25) is 18.6 Å². The second-order valence-electron chi connectivity index (χ2n) is 12.5. The molecule has 0 aromatic carbocycles. The van der Waals surface area contributed by atoms with Crippen molar-refractivity contribution in [3.05, 3.63) is 85.1 Å². The van der Waals surface area contributed by atoms with Crippen LogP contribution in [0.2, 0.25) is 0 Å². The number of hydrogen-bond donors (Lipinski definition) is 1. The van der Waals surface area contributed by atoms with Gasteiger partial charge < -0.3 is 14.4 Å². The van der Waals surface area contributed by atoms with Crippen LogP contribution in [0.5, 0.6) is 0 Å². The smallest absolute Gasteiger partial charge is 0.462 e. The van der Waals surface area contributed by atoms with Gasteiger partial charge in [0.05, 0.1) is 13.2 Å². The molecule has 1 N–H and O–H groups in total. The van der Waals surface area contributed by atoms with Crippen molar-refractivity contribution in [3.8, 4) is 0 Å². The Labute approximate surface area is 316 Å². The normalized spacial score (nSPS) is 14.3. The molecule has 0 radical (unpaired) electrons.